The van der Waals surface area contributed by atoms with Gasteiger partial charge in [-0.1, -0.05) is 30.3 Å². The van der Waals surface area contributed by atoms with Crippen molar-refractivity contribution >= 4 is 22.6 Å². The standard InChI is InChI=1S/C23H22N4O4/c1-31-19-8-3-2-5-15(19)16-6-4-7-17-21(16)22-24-20(28)13-18(27(22)25-17)14-9-11-26(12-10-14)23(29)30/h2-8,13-14H,9-12H2,1H3,(H,24,28)(H,29,30). The van der Waals surface area contributed by atoms with Gasteiger partial charge in [-0.05, 0) is 30.5 Å². The molecule has 0 unspecified atom stereocenters. The minimum absolute atomic E-state index is 0.0597. The number of ether oxygens (including phenoxy) is 1. The fourth-order valence-electron chi connectivity index (χ4n) is 4.54. The summed E-state index contributed by atoms with van der Waals surface area (Å²) in [5.41, 5.74) is 3.88. The minimum Gasteiger partial charge on any atom is -0.496 e. The number of carbonyl (C=O) groups is 1. The number of methoxy groups -OCH3 is 1. The Bertz CT molecular complexity index is 1350. The molecule has 1 fully saturated rings. The molecule has 1 aliphatic rings. The van der Waals surface area contributed by atoms with Gasteiger partial charge < -0.3 is 19.7 Å². The highest BCUT2D eigenvalue weighted by atomic mass is 16.5. The molecule has 0 atom stereocenters. The van der Waals surface area contributed by atoms with Crippen LogP contribution >= 0.6 is 0 Å². The highest BCUT2D eigenvalue weighted by molar-refractivity contribution is 6.04. The van der Waals surface area contributed by atoms with Crippen LogP contribution in [0.25, 0.3) is 27.7 Å². The summed E-state index contributed by atoms with van der Waals surface area (Å²) in [5.74, 6) is 0.804. The lowest BCUT2D eigenvalue weighted by Gasteiger charge is -2.30. The Hall–Kier alpha value is -3.81. The van der Waals surface area contributed by atoms with Gasteiger partial charge in [0, 0.05) is 30.6 Å². The fourth-order valence-corrected chi connectivity index (χ4v) is 4.54. The van der Waals surface area contributed by atoms with Gasteiger partial charge in [0.25, 0.3) is 5.56 Å². The quantitative estimate of drug-likeness (QED) is 0.528. The Morgan fingerprint density at radius 1 is 1.13 bits per heavy atom. The van der Waals surface area contributed by atoms with E-state index < -0.39 is 6.09 Å². The van der Waals surface area contributed by atoms with Gasteiger partial charge in [-0.2, -0.15) is 5.10 Å². The number of nitrogens with zero attached hydrogens (tertiary/aromatic N) is 3. The lowest BCUT2D eigenvalue weighted by atomic mass is 9.93. The highest BCUT2D eigenvalue weighted by Crippen LogP contribution is 2.37. The number of aromatic nitrogens is 3. The molecule has 4 aromatic rings. The van der Waals surface area contributed by atoms with Crippen molar-refractivity contribution in [1.82, 2.24) is 19.5 Å². The van der Waals surface area contributed by atoms with Crippen LogP contribution in [0.4, 0.5) is 4.79 Å². The monoisotopic (exact) mass is 418 g/mol. The van der Waals surface area contributed by atoms with Crippen molar-refractivity contribution in [3.8, 4) is 16.9 Å². The number of rotatable bonds is 3. The molecular formula is C23H22N4O4. The first-order chi connectivity index (χ1) is 15.1. The van der Waals surface area contributed by atoms with E-state index in [4.69, 9.17) is 9.84 Å². The van der Waals surface area contributed by atoms with Gasteiger partial charge in [-0.15, -0.1) is 0 Å². The second-order valence-corrected chi connectivity index (χ2v) is 7.76. The van der Waals surface area contributed by atoms with Gasteiger partial charge in [0.15, 0.2) is 0 Å². The second kappa shape index (κ2) is 7.46. The highest BCUT2D eigenvalue weighted by Gasteiger charge is 2.26. The number of carboxylic acid groups (broad SMARTS) is 1. The number of nitrogens with one attached hydrogen (secondary N) is 1. The Morgan fingerprint density at radius 3 is 2.61 bits per heavy atom. The molecule has 0 radical (unpaired) electrons. The molecule has 1 amide bonds. The predicted molar refractivity (Wildman–Crippen MR) is 117 cm³/mol. The average molecular weight is 418 g/mol. The number of aromatic amines is 1. The predicted octanol–water partition coefficient (Wildman–Crippen LogP) is 3.71. The normalized spacial score (nSPS) is 14.9. The van der Waals surface area contributed by atoms with Gasteiger partial charge in [0.1, 0.15) is 11.4 Å². The Labute approximate surface area is 177 Å². The maximum atomic E-state index is 12.6. The summed E-state index contributed by atoms with van der Waals surface area (Å²) in [6, 6.07) is 15.2. The third-order valence-electron chi connectivity index (χ3n) is 6.04. The van der Waals surface area contributed by atoms with E-state index in [1.54, 1.807) is 13.2 Å². The number of amides is 1. The summed E-state index contributed by atoms with van der Waals surface area (Å²) in [5, 5.41) is 14.9. The van der Waals surface area contributed by atoms with Gasteiger partial charge in [0.05, 0.1) is 23.7 Å². The number of benzene rings is 2. The van der Waals surface area contributed by atoms with Crippen molar-refractivity contribution in [2.75, 3.05) is 20.2 Å². The summed E-state index contributed by atoms with van der Waals surface area (Å²) >= 11 is 0. The van der Waals surface area contributed by atoms with Gasteiger partial charge in [-0.3, -0.25) is 4.79 Å². The molecule has 8 heteroatoms. The summed E-state index contributed by atoms with van der Waals surface area (Å²) in [4.78, 5) is 28.2. The molecule has 1 saturated heterocycles. The molecule has 3 heterocycles. The van der Waals surface area contributed by atoms with Crippen LogP contribution < -0.4 is 10.3 Å². The molecular weight excluding hydrogens is 396 g/mol. The lowest BCUT2D eigenvalue weighted by Crippen LogP contribution is -2.37. The molecule has 158 valence electrons. The van der Waals surface area contributed by atoms with Crippen LogP contribution in [0.1, 0.15) is 24.5 Å². The molecule has 0 aliphatic carbocycles. The van der Waals surface area contributed by atoms with E-state index in [0.29, 0.717) is 31.6 Å². The minimum atomic E-state index is -0.902. The smallest absolute Gasteiger partial charge is 0.407 e. The Kier molecular flexibility index (Phi) is 4.62. The molecule has 31 heavy (non-hydrogen) atoms. The second-order valence-electron chi connectivity index (χ2n) is 7.76. The fraction of sp³-hybridized carbons (Fsp3) is 0.261. The van der Waals surface area contributed by atoms with E-state index in [9.17, 15) is 14.7 Å². The van der Waals surface area contributed by atoms with E-state index in [1.807, 2.05) is 47.0 Å². The summed E-state index contributed by atoms with van der Waals surface area (Å²) < 4.78 is 7.37. The number of likely N-dealkylation sites (tertiary alicyclic amines) is 1. The zero-order valence-electron chi connectivity index (χ0n) is 17.0. The van der Waals surface area contributed by atoms with E-state index in [0.717, 1.165) is 33.5 Å². The zero-order chi connectivity index (χ0) is 21.5. The van der Waals surface area contributed by atoms with E-state index in [-0.39, 0.29) is 11.5 Å². The molecule has 2 aromatic carbocycles. The van der Waals surface area contributed by atoms with Crippen LogP contribution in [0.3, 0.4) is 0 Å². The van der Waals surface area contributed by atoms with Crippen LogP contribution in [0.15, 0.2) is 53.3 Å². The number of hydrogen-bond donors (Lipinski definition) is 2. The van der Waals surface area contributed by atoms with E-state index in [2.05, 4.69) is 4.98 Å². The van der Waals surface area contributed by atoms with Gasteiger partial charge >= 0.3 is 6.09 Å². The number of H-pyrrole nitrogens is 1. The molecule has 2 aromatic heterocycles. The Morgan fingerprint density at radius 2 is 1.87 bits per heavy atom. The van der Waals surface area contributed by atoms with Crippen molar-refractivity contribution in [2.45, 2.75) is 18.8 Å². The van der Waals surface area contributed by atoms with Crippen LogP contribution in [0.5, 0.6) is 5.75 Å². The van der Waals surface area contributed by atoms with Crippen molar-refractivity contribution in [2.24, 2.45) is 0 Å². The molecule has 8 nitrogen and oxygen atoms in total. The number of fused-ring (bicyclic) bond motifs is 3. The van der Waals surface area contributed by atoms with Crippen molar-refractivity contribution in [3.05, 3.63) is 64.6 Å². The molecule has 0 saturated carbocycles. The van der Waals surface area contributed by atoms with Gasteiger partial charge in [0.2, 0.25) is 0 Å². The van der Waals surface area contributed by atoms with Crippen LogP contribution in [0.2, 0.25) is 0 Å². The average Bonchev–Trinajstić information content (AvgIpc) is 3.17. The zero-order valence-corrected chi connectivity index (χ0v) is 17.0. The molecule has 2 N–H and O–H groups in total. The van der Waals surface area contributed by atoms with E-state index in [1.165, 1.54) is 4.90 Å². The largest absolute Gasteiger partial charge is 0.496 e. The first-order valence-electron chi connectivity index (χ1n) is 10.2. The Balaban J connectivity index is 1.70. The van der Waals surface area contributed by atoms with Crippen LogP contribution in [-0.2, 0) is 0 Å². The summed E-state index contributed by atoms with van der Waals surface area (Å²) in [6.07, 6.45) is 0.404. The SMILES string of the molecule is COc1ccccc1-c1cccc2nn3c(C4CCN(C(=O)O)CC4)cc(=O)[nH]c3c12. The molecule has 0 spiro atoms. The number of hydrogen-bond acceptors (Lipinski definition) is 4. The maximum absolute atomic E-state index is 12.6. The first-order valence-corrected chi connectivity index (χ1v) is 10.2. The summed E-state index contributed by atoms with van der Waals surface area (Å²) in [6.45, 7) is 0.892. The van der Waals surface area contributed by atoms with Crippen molar-refractivity contribution in [3.63, 3.8) is 0 Å². The maximum Gasteiger partial charge on any atom is 0.407 e. The molecule has 1 aliphatic heterocycles. The topological polar surface area (TPSA) is 99.9 Å². The van der Waals surface area contributed by atoms with Gasteiger partial charge in [-0.25, -0.2) is 9.31 Å². The number of para-hydroxylation sites is 1. The lowest BCUT2D eigenvalue weighted by molar-refractivity contribution is 0.131. The number of piperidine rings is 1. The third-order valence-corrected chi connectivity index (χ3v) is 6.04. The molecule has 5 rings (SSSR count). The van der Waals surface area contributed by atoms with Crippen LogP contribution in [-0.4, -0.2) is 50.9 Å². The summed E-state index contributed by atoms with van der Waals surface area (Å²) in [7, 11) is 1.64. The van der Waals surface area contributed by atoms with E-state index >= 15 is 0 Å². The first kappa shape index (κ1) is 19.2. The van der Waals surface area contributed by atoms with Crippen molar-refractivity contribution < 1.29 is 14.6 Å². The third kappa shape index (κ3) is 3.20. The van der Waals surface area contributed by atoms with Crippen LogP contribution in [0, 0.1) is 0 Å². The molecule has 0 bridgehead atoms. The van der Waals surface area contributed by atoms with Crippen molar-refractivity contribution in [1.29, 1.82) is 0 Å².